The highest BCUT2D eigenvalue weighted by atomic mass is 16.4. The first kappa shape index (κ1) is 10.2. The van der Waals surface area contributed by atoms with Crippen molar-refractivity contribution in [1.29, 1.82) is 0 Å². The van der Waals surface area contributed by atoms with Crippen molar-refractivity contribution in [2.24, 2.45) is 5.41 Å². The number of carbonyl (C=O) groups is 1. The summed E-state index contributed by atoms with van der Waals surface area (Å²) >= 11 is 0. The van der Waals surface area contributed by atoms with Crippen LogP contribution in [0, 0.1) is 5.41 Å². The molecule has 2 nitrogen and oxygen atoms in total. The van der Waals surface area contributed by atoms with Crippen LogP contribution >= 0.6 is 0 Å². The predicted octanol–water partition coefficient (Wildman–Crippen LogP) is 3.05. The van der Waals surface area contributed by atoms with Crippen LogP contribution in [0.25, 0.3) is 0 Å². The van der Waals surface area contributed by atoms with E-state index in [1.54, 1.807) is 0 Å². The smallest absolute Gasteiger partial charge is 0.303 e. The topological polar surface area (TPSA) is 37.3 Å². The molecule has 1 aliphatic carbocycles. The Bertz CT molecular complexity index is 352. The first-order chi connectivity index (χ1) is 7.12. The van der Waals surface area contributed by atoms with Gasteiger partial charge in [-0.2, -0.15) is 0 Å². The Morgan fingerprint density at radius 3 is 2.47 bits per heavy atom. The van der Waals surface area contributed by atoms with Gasteiger partial charge in [0.05, 0.1) is 6.42 Å². The van der Waals surface area contributed by atoms with Crippen LogP contribution in [0.5, 0.6) is 0 Å². The van der Waals surface area contributed by atoms with Gasteiger partial charge in [0.25, 0.3) is 0 Å². The Balaban J connectivity index is 2.23. The second-order valence-electron chi connectivity index (χ2n) is 4.72. The normalized spacial score (nSPS) is 19.5. The minimum Gasteiger partial charge on any atom is -0.481 e. The molecule has 2 heteroatoms. The van der Waals surface area contributed by atoms with Gasteiger partial charge in [0.15, 0.2) is 0 Å². The molecule has 1 fully saturated rings. The minimum absolute atomic E-state index is 0.177. The molecule has 80 valence electrons. The van der Waals surface area contributed by atoms with Gasteiger partial charge in [0.2, 0.25) is 0 Å². The molecule has 0 saturated heterocycles. The Kier molecular flexibility index (Phi) is 2.51. The lowest BCUT2D eigenvalue weighted by atomic mass is 9.82. The van der Waals surface area contributed by atoms with Crippen molar-refractivity contribution in [3.8, 4) is 0 Å². The maximum atomic E-state index is 10.9. The molecule has 1 saturated carbocycles. The summed E-state index contributed by atoms with van der Waals surface area (Å²) in [7, 11) is 0. The van der Waals surface area contributed by atoms with Gasteiger partial charge in [-0.15, -0.1) is 0 Å². The molecular weight excluding hydrogens is 188 g/mol. The Hall–Kier alpha value is -1.31. The van der Waals surface area contributed by atoms with Crippen molar-refractivity contribution in [1.82, 2.24) is 0 Å². The van der Waals surface area contributed by atoms with Gasteiger partial charge >= 0.3 is 5.97 Å². The summed E-state index contributed by atoms with van der Waals surface area (Å²) in [6, 6.07) is 10.0. The molecule has 0 bridgehead atoms. The molecular formula is C13H16O2. The molecule has 0 amide bonds. The lowest BCUT2D eigenvalue weighted by Crippen LogP contribution is -2.15. The number of rotatable bonds is 4. The van der Waals surface area contributed by atoms with E-state index in [0.29, 0.717) is 0 Å². The van der Waals surface area contributed by atoms with Gasteiger partial charge < -0.3 is 5.11 Å². The second-order valence-corrected chi connectivity index (χ2v) is 4.72. The third-order valence-electron chi connectivity index (χ3n) is 3.46. The fourth-order valence-corrected chi connectivity index (χ4v) is 2.17. The first-order valence-corrected chi connectivity index (χ1v) is 5.38. The number of hydrogen-bond acceptors (Lipinski definition) is 1. The molecule has 1 aromatic rings. The third-order valence-corrected chi connectivity index (χ3v) is 3.46. The van der Waals surface area contributed by atoms with Crippen molar-refractivity contribution in [2.45, 2.75) is 32.1 Å². The molecule has 15 heavy (non-hydrogen) atoms. The zero-order chi connectivity index (χ0) is 10.9. The van der Waals surface area contributed by atoms with Crippen molar-refractivity contribution in [3.63, 3.8) is 0 Å². The summed E-state index contributed by atoms with van der Waals surface area (Å²) in [6.07, 6.45) is 2.56. The van der Waals surface area contributed by atoms with E-state index in [1.165, 1.54) is 5.56 Å². The van der Waals surface area contributed by atoms with Gasteiger partial charge in [0.1, 0.15) is 0 Å². The molecule has 0 unspecified atom stereocenters. The monoisotopic (exact) mass is 204 g/mol. The summed E-state index contributed by atoms with van der Waals surface area (Å²) in [6.45, 7) is 2.19. The van der Waals surface area contributed by atoms with Crippen LogP contribution in [0.4, 0.5) is 0 Å². The van der Waals surface area contributed by atoms with Crippen LogP contribution in [-0.4, -0.2) is 11.1 Å². The summed E-state index contributed by atoms with van der Waals surface area (Å²) < 4.78 is 0. The van der Waals surface area contributed by atoms with Gasteiger partial charge in [-0.25, -0.2) is 0 Å². The van der Waals surface area contributed by atoms with E-state index in [2.05, 4.69) is 6.92 Å². The van der Waals surface area contributed by atoms with E-state index >= 15 is 0 Å². The molecule has 1 aromatic carbocycles. The van der Waals surface area contributed by atoms with E-state index in [1.807, 2.05) is 30.3 Å². The highest BCUT2D eigenvalue weighted by Gasteiger charge is 2.45. The molecule has 2 rings (SSSR count). The quantitative estimate of drug-likeness (QED) is 0.818. The first-order valence-electron chi connectivity index (χ1n) is 5.38. The SMILES string of the molecule is CC1([C@H](CC(=O)O)c2ccccc2)CC1. The zero-order valence-corrected chi connectivity index (χ0v) is 8.94. The molecule has 1 N–H and O–H groups in total. The average Bonchev–Trinajstić information content (AvgIpc) is 2.95. The summed E-state index contributed by atoms with van der Waals surface area (Å²) in [5.74, 6) is -0.520. The van der Waals surface area contributed by atoms with Gasteiger partial charge in [-0.1, -0.05) is 37.3 Å². The molecule has 0 heterocycles. The van der Waals surface area contributed by atoms with Crippen molar-refractivity contribution < 1.29 is 9.90 Å². The Morgan fingerprint density at radius 2 is 2.00 bits per heavy atom. The van der Waals surface area contributed by atoms with Gasteiger partial charge in [0, 0.05) is 0 Å². The predicted molar refractivity (Wildman–Crippen MR) is 58.8 cm³/mol. The summed E-state index contributed by atoms with van der Waals surface area (Å²) in [4.78, 5) is 10.9. The largest absolute Gasteiger partial charge is 0.481 e. The minimum atomic E-state index is -0.697. The van der Waals surface area contributed by atoms with Crippen LogP contribution < -0.4 is 0 Å². The van der Waals surface area contributed by atoms with Crippen LogP contribution in [0.15, 0.2) is 30.3 Å². The Labute approximate surface area is 89.9 Å². The van der Waals surface area contributed by atoms with Crippen LogP contribution in [-0.2, 0) is 4.79 Å². The standard InChI is InChI=1S/C13H16O2/c1-13(7-8-13)11(9-12(14)15)10-5-3-2-4-6-10/h2-6,11H,7-9H2,1H3,(H,14,15)/t11-/m1/s1. The van der Waals surface area contributed by atoms with E-state index in [4.69, 9.17) is 5.11 Å². The highest BCUT2D eigenvalue weighted by molar-refractivity contribution is 5.68. The molecule has 1 atom stereocenters. The fourth-order valence-electron chi connectivity index (χ4n) is 2.17. The number of carboxylic acid groups (broad SMARTS) is 1. The van der Waals surface area contributed by atoms with Crippen LogP contribution in [0.3, 0.4) is 0 Å². The van der Waals surface area contributed by atoms with Gasteiger partial charge in [-0.3, -0.25) is 4.79 Å². The lowest BCUT2D eigenvalue weighted by Gasteiger charge is -2.22. The maximum Gasteiger partial charge on any atom is 0.303 e. The lowest BCUT2D eigenvalue weighted by molar-refractivity contribution is -0.137. The van der Waals surface area contributed by atoms with E-state index in [9.17, 15) is 4.79 Å². The maximum absolute atomic E-state index is 10.9. The summed E-state index contributed by atoms with van der Waals surface area (Å²) in [5, 5.41) is 8.94. The number of benzene rings is 1. The molecule has 0 radical (unpaired) electrons. The van der Waals surface area contributed by atoms with E-state index in [0.717, 1.165) is 12.8 Å². The average molecular weight is 204 g/mol. The zero-order valence-electron chi connectivity index (χ0n) is 8.94. The number of hydrogen-bond donors (Lipinski definition) is 1. The van der Waals surface area contributed by atoms with E-state index in [-0.39, 0.29) is 17.8 Å². The van der Waals surface area contributed by atoms with Crippen molar-refractivity contribution >= 4 is 5.97 Å². The molecule has 0 aromatic heterocycles. The molecule has 0 spiro atoms. The second kappa shape index (κ2) is 3.69. The molecule has 1 aliphatic rings. The van der Waals surface area contributed by atoms with Crippen LogP contribution in [0.1, 0.15) is 37.7 Å². The van der Waals surface area contributed by atoms with Crippen LogP contribution in [0.2, 0.25) is 0 Å². The third kappa shape index (κ3) is 2.20. The number of aliphatic carboxylic acids is 1. The highest BCUT2D eigenvalue weighted by Crippen LogP contribution is 2.56. The van der Waals surface area contributed by atoms with Gasteiger partial charge in [-0.05, 0) is 29.7 Å². The summed E-state index contributed by atoms with van der Waals surface area (Å²) in [5.41, 5.74) is 1.39. The van der Waals surface area contributed by atoms with E-state index < -0.39 is 5.97 Å². The number of carboxylic acids is 1. The molecule has 0 aliphatic heterocycles. The van der Waals surface area contributed by atoms with Crippen molar-refractivity contribution in [2.75, 3.05) is 0 Å². The van der Waals surface area contributed by atoms with Crippen molar-refractivity contribution in [3.05, 3.63) is 35.9 Å². The Morgan fingerprint density at radius 1 is 1.40 bits per heavy atom. The fraction of sp³-hybridized carbons (Fsp3) is 0.462.